The number of rotatable bonds is 3. The molecule has 0 amide bonds. The monoisotopic (exact) mass is 269 g/mol. The zero-order chi connectivity index (χ0) is 13.7. The van der Waals surface area contributed by atoms with Crippen molar-refractivity contribution in [3.63, 3.8) is 0 Å². The molecule has 0 radical (unpaired) electrons. The summed E-state index contributed by atoms with van der Waals surface area (Å²) in [6.45, 7) is 1.82. The summed E-state index contributed by atoms with van der Waals surface area (Å²) in [5, 5.41) is 6.08. The summed E-state index contributed by atoms with van der Waals surface area (Å²) in [6.07, 6.45) is 1.77. The Bertz CT molecular complexity index is 593. The van der Waals surface area contributed by atoms with Crippen LogP contribution < -0.4 is 10.7 Å². The van der Waals surface area contributed by atoms with Gasteiger partial charge in [-0.2, -0.15) is 5.10 Å². The van der Waals surface area contributed by atoms with Crippen LogP contribution in [-0.2, 0) is 0 Å². The van der Waals surface area contributed by atoms with E-state index in [-0.39, 0.29) is 0 Å². The largest absolute Gasteiger partial charge is 0.397 e. The van der Waals surface area contributed by atoms with Crippen LogP contribution >= 0.6 is 12.2 Å². The van der Waals surface area contributed by atoms with Crippen molar-refractivity contribution in [2.75, 3.05) is 10.7 Å². The van der Waals surface area contributed by atoms with Crippen LogP contribution in [0.15, 0.2) is 59.7 Å². The summed E-state index contributed by atoms with van der Waals surface area (Å²) >= 11 is 5.23. The third-order valence-corrected chi connectivity index (χ3v) is 2.76. The molecule has 0 bridgehead atoms. The van der Waals surface area contributed by atoms with Gasteiger partial charge < -0.3 is 5.73 Å². The molecule has 96 valence electrons. The topological polar surface area (TPSA) is 41.6 Å². The number of para-hydroxylation sites is 2. The van der Waals surface area contributed by atoms with Crippen molar-refractivity contribution in [3.05, 3.63) is 60.2 Å². The highest BCUT2D eigenvalue weighted by Gasteiger charge is 2.09. The molecule has 2 aromatic carbocycles. The molecule has 0 aliphatic carbocycles. The Labute approximate surface area is 118 Å². The van der Waals surface area contributed by atoms with Crippen molar-refractivity contribution in [2.24, 2.45) is 5.10 Å². The molecule has 2 rings (SSSR count). The van der Waals surface area contributed by atoms with Crippen molar-refractivity contribution in [3.8, 4) is 0 Å². The minimum absolute atomic E-state index is 0.644. The van der Waals surface area contributed by atoms with E-state index in [2.05, 4.69) is 5.10 Å². The van der Waals surface area contributed by atoms with Gasteiger partial charge in [0.2, 0.25) is 0 Å². The number of hydrogen-bond acceptors (Lipinski definition) is 3. The molecule has 3 nitrogen and oxygen atoms in total. The fraction of sp³-hybridized carbons (Fsp3) is 0.0667. The average Bonchev–Trinajstić information content (AvgIpc) is 2.42. The fourth-order valence-corrected chi connectivity index (χ4v) is 1.80. The van der Waals surface area contributed by atoms with Crippen molar-refractivity contribution >= 4 is 34.8 Å². The molecule has 19 heavy (non-hydrogen) atoms. The summed E-state index contributed by atoms with van der Waals surface area (Å²) in [7, 11) is 0. The molecular formula is C15H15N3S. The molecule has 0 spiro atoms. The molecule has 0 aliphatic heterocycles. The van der Waals surface area contributed by atoms with Crippen molar-refractivity contribution in [1.82, 2.24) is 0 Å². The molecule has 0 aliphatic rings. The maximum absolute atomic E-state index is 5.95. The minimum atomic E-state index is 0.644. The van der Waals surface area contributed by atoms with Gasteiger partial charge in [-0.1, -0.05) is 54.7 Å². The van der Waals surface area contributed by atoms with E-state index in [1.165, 1.54) is 0 Å². The van der Waals surface area contributed by atoms with E-state index in [0.717, 1.165) is 11.3 Å². The van der Waals surface area contributed by atoms with Crippen LogP contribution in [0.25, 0.3) is 0 Å². The zero-order valence-corrected chi connectivity index (χ0v) is 11.5. The summed E-state index contributed by atoms with van der Waals surface area (Å²) in [4.78, 5) is 0.644. The summed E-state index contributed by atoms with van der Waals surface area (Å²) < 4.78 is 0. The number of benzene rings is 2. The van der Waals surface area contributed by atoms with E-state index < -0.39 is 0 Å². The Kier molecular flexibility index (Phi) is 4.26. The molecule has 0 atom stereocenters. The number of nitrogen functional groups attached to an aromatic ring is 1. The van der Waals surface area contributed by atoms with Gasteiger partial charge in [-0.25, -0.2) is 5.01 Å². The fourth-order valence-electron chi connectivity index (χ4n) is 1.66. The van der Waals surface area contributed by atoms with Crippen LogP contribution in [0, 0.1) is 0 Å². The van der Waals surface area contributed by atoms with E-state index in [1.54, 1.807) is 11.2 Å². The molecular weight excluding hydrogens is 254 g/mol. The van der Waals surface area contributed by atoms with Crippen LogP contribution in [0.1, 0.15) is 12.5 Å². The predicted octanol–water partition coefficient (Wildman–Crippen LogP) is 3.46. The molecule has 0 heterocycles. The molecule has 0 saturated carbocycles. The Balaban J connectivity index is 2.30. The number of nitrogens with zero attached hydrogens (tertiary/aromatic N) is 2. The van der Waals surface area contributed by atoms with Gasteiger partial charge in [-0.05, 0) is 24.6 Å². The third kappa shape index (κ3) is 3.39. The first-order valence-corrected chi connectivity index (χ1v) is 6.33. The second kappa shape index (κ2) is 6.11. The first-order chi connectivity index (χ1) is 9.18. The Morgan fingerprint density at radius 1 is 1.11 bits per heavy atom. The highest BCUT2D eigenvalue weighted by atomic mass is 32.1. The standard InChI is InChI=1S/C15H15N3S/c1-12(19)18(15-10-6-5-9-14(15)16)17-11-13-7-3-2-4-8-13/h2-11H,16H2,1H3. The summed E-state index contributed by atoms with van der Waals surface area (Å²) in [6, 6.07) is 17.4. The van der Waals surface area contributed by atoms with Gasteiger partial charge >= 0.3 is 0 Å². The van der Waals surface area contributed by atoms with E-state index >= 15 is 0 Å². The number of thiocarbonyl (C=S) groups is 1. The maximum atomic E-state index is 5.95. The lowest BCUT2D eigenvalue weighted by molar-refractivity contribution is 1.15. The SMILES string of the molecule is CC(=S)N(N=Cc1ccccc1)c1ccccc1N. The average molecular weight is 269 g/mol. The molecule has 2 N–H and O–H groups in total. The van der Waals surface area contributed by atoms with Crippen molar-refractivity contribution in [1.29, 1.82) is 0 Å². The normalized spacial score (nSPS) is 10.6. The summed E-state index contributed by atoms with van der Waals surface area (Å²) in [5.74, 6) is 0. The number of hydrazone groups is 1. The maximum Gasteiger partial charge on any atom is 0.102 e. The van der Waals surface area contributed by atoms with E-state index in [9.17, 15) is 0 Å². The Hall–Kier alpha value is -2.20. The molecule has 4 heteroatoms. The van der Waals surface area contributed by atoms with E-state index in [4.69, 9.17) is 18.0 Å². The smallest absolute Gasteiger partial charge is 0.102 e. The second-order valence-electron chi connectivity index (χ2n) is 4.04. The first kappa shape index (κ1) is 13.2. The molecule has 2 aromatic rings. The predicted molar refractivity (Wildman–Crippen MR) is 85.6 cm³/mol. The van der Waals surface area contributed by atoms with Gasteiger partial charge in [-0.15, -0.1) is 0 Å². The lowest BCUT2D eigenvalue weighted by Crippen LogP contribution is -2.21. The van der Waals surface area contributed by atoms with Gasteiger partial charge in [0, 0.05) is 0 Å². The van der Waals surface area contributed by atoms with Gasteiger partial charge in [0.05, 0.1) is 17.6 Å². The second-order valence-corrected chi connectivity index (χ2v) is 4.64. The van der Waals surface area contributed by atoms with Crippen molar-refractivity contribution in [2.45, 2.75) is 6.92 Å². The lowest BCUT2D eigenvalue weighted by Gasteiger charge is -2.19. The molecule has 0 unspecified atom stereocenters. The third-order valence-electron chi connectivity index (χ3n) is 2.59. The zero-order valence-electron chi connectivity index (χ0n) is 10.7. The molecule has 0 aromatic heterocycles. The van der Waals surface area contributed by atoms with E-state index in [1.807, 2.05) is 61.5 Å². The number of hydrogen-bond donors (Lipinski definition) is 1. The number of anilines is 2. The van der Waals surface area contributed by atoms with Crippen LogP contribution in [0.2, 0.25) is 0 Å². The van der Waals surface area contributed by atoms with E-state index in [0.29, 0.717) is 10.7 Å². The minimum Gasteiger partial charge on any atom is -0.397 e. The Morgan fingerprint density at radius 3 is 2.37 bits per heavy atom. The highest BCUT2D eigenvalue weighted by molar-refractivity contribution is 7.80. The first-order valence-electron chi connectivity index (χ1n) is 5.92. The van der Waals surface area contributed by atoms with Gasteiger partial charge in [0.15, 0.2) is 0 Å². The van der Waals surface area contributed by atoms with Crippen LogP contribution in [0.3, 0.4) is 0 Å². The quantitative estimate of drug-likeness (QED) is 0.401. The highest BCUT2D eigenvalue weighted by Crippen LogP contribution is 2.23. The Morgan fingerprint density at radius 2 is 1.74 bits per heavy atom. The van der Waals surface area contributed by atoms with Gasteiger partial charge in [-0.3, -0.25) is 0 Å². The number of nitrogens with two attached hydrogens (primary N) is 1. The van der Waals surface area contributed by atoms with Crippen LogP contribution in [0.4, 0.5) is 11.4 Å². The van der Waals surface area contributed by atoms with Crippen molar-refractivity contribution < 1.29 is 0 Å². The lowest BCUT2D eigenvalue weighted by atomic mass is 10.2. The molecule has 0 saturated heterocycles. The summed E-state index contributed by atoms with van der Waals surface area (Å²) in [5.41, 5.74) is 8.41. The van der Waals surface area contributed by atoms with Gasteiger partial charge in [0.25, 0.3) is 0 Å². The van der Waals surface area contributed by atoms with Crippen LogP contribution in [-0.4, -0.2) is 11.2 Å². The van der Waals surface area contributed by atoms with Gasteiger partial charge in [0.1, 0.15) is 4.99 Å². The molecule has 0 fully saturated rings. The van der Waals surface area contributed by atoms with Crippen LogP contribution in [0.5, 0.6) is 0 Å².